The normalized spacial score (nSPS) is 10.0. The highest BCUT2D eigenvalue weighted by molar-refractivity contribution is 5.45. The van der Waals surface area contributed by atoms with Crippen LogP contribution in [-0.4, -0.2) is 11.7 Å². The van der Waals surface area contributed by atoms with Gasteiger partial charge in [0.15, 0.2) is 0 Å². The molecule has 5 heteroatoms. The predicted octanol–water partition coefficient (Wildman–Crippen LogP) is 2.39. The average molecular weight is 164 g/mol. The average Bonchev–Trinajstić information content (AvgIpc) is 2.57. The van der Waals surface area contributed by atoms with Crippen LogP contribution in [0.5, 0.6) is 0 Å². The van der Waals surface area contributed by atoms with E-state index in [0.29, 0.717) is 6.54 Å². The van der Waals surface area contributed by atoms with Gasteiger partial charge in [-0.1, -0.05) is 22.4 Å². The predicted molar refractivity (Wildman–Crippen MR) is 44.2 cm³/mol. The zero-order valence-corrected chi connectivity index (χ0v) is 6.42. The summed E-state index contributed by atoms with van der Waals surface area (Å²) in [5, 5.41) is 6.91. The Morgan fingerprint density at radius 3 is 3.33 bits per heavy atom. The number of rotatable bonds is 4. The van der Waals surface area contributed by atoms with Gasteiger partial charge in [-0.05, 0) is 12.0 Å². The zero-order chi connectivity index (χ0) is 8.65. The van der Waals surface area contributed by atoms with Crippen LogP contribution in [0.15, 0.2) is 28.2 Å². The molecular weight excluding hydrogens is 156 g/mol. The molecule has 0 unspecified atom stereocenters. The van der Waals surface area contributed by atoms with Gasteiger partial charge in [-0.15, -0.1) is 0 Å². The molecule has 0 aliphatic carbocycles. The number of hydrogen-bond acceptors (Lipinski definition) is 3. The molecule has 0 radical (unpaired) electrons. The first kappa shape index (κ1) is 8.36. The van der Waals surface area contributed by atoms with Gasteiger partial charge in [0.25, 0.3) is 0 Å². The highest BCUT2D eigenvalue weighted by Gasteiger charge is 1.86. The molecule has 0 saturated carbocycles. The molecule has 0 aliphatic heterocycles. The molecule has 12 heavy (non-hydrogen) atoms. The summed E-state index contributed by atoms with van der Waals surface area (Å²) in [5.41, 5.74) is 8.87. The molecule has 1 aromatic heterocycles. The molecule has 0 aromatic carbocycles. The molecule has 1 rings (SSSR count). The summed E-state index contributed by atoms with van der Waals surface area (Å²) in [5.74, 6) is 0. The quantitative estimate of drug-likeness (QED) is 0.296. The van der Waals surface area contributed by atoms with E-state index in [0.717, 1.165) is 12.0 Å². The smallest absolute Gasteiger partial charge is 0.131 e. The molecular formula is C7H8N4O. The van der Waals surface area contributed by atoms with E-state index in [9.17, 15) is 0 Å². The first-order valence-corrected chi connectivity index (χ1v) is 3.50. The molecule has 1 aromatic rings. The van der Waals surface area contributed by atoms with E-state index >= 15 is 0 Å². The minimum absolute atomic E-state index is 0.484. The molecule has 0 amide bonds. The van der Waals surface area contributed by atoms with E-state index in [1.54, 1.807) is 12.5 Å². The summed E-state index contributed by atoms with van der Waals surface area (Å²) in [6, 6.07) is 0. The minimum atomic E-state index is 0.484. The first-order chi connectivity index (χ1) is 5.93. The maximum absolute atomic E-state index is 7.96. The Hall–Kier alpha value is -1.74. The van der Waals surface area contributed by atoms with E-state index in [4.69, 9.17) is 5.53 Å². The van der Waals surface area contributed by atoms with Crippen molar-refractivity contribution in [3.8, 4) is 0 Å². The largest absolute Gasteiger partial charge is 0.364 e. The van der Waals surface area contributed by atoms with E-state index in [1.807, 2.05) is 12.2 Å². The van der Waals surface area contributed by atoms with Crippen molar-refractivity contribution in [1.29, 1.82) is 0 Å². The fourth-order valence-electron chi connectivity index (χ4n) is 0.692. The molecule has 0 bridgehead atoms. The lowest BCUT2D eigenvalue weighted by molar-refractivity contribution is 0.419. The van der Waals surface area contributed by atoms with Crippen LogP contribution in [-0.2, 0) is 0 Å². The summed E-state index contributed by atoms with van der Waals surface area (Å²) in [6.07, 6.45) is 7.66. The van der Waals surface area contributed by atoms with Crippen molar-refractivity contribution in [3.05, 3.63) is 34.5 Å². The van der Waals surface area contributed by atoms with Gasteiger partial charge in [0, 0.05) is 17.0 Å². The summed E-state index contributed by atoms with van der Waals surface area (Å²) in [6.45, 7) is 0.484. The molecule has 62 valence electrons. The van der Waals surface area contributed by atoms with Crippen LogP contribution < -0.4 is 0 Å². The van der Waals surface area contributed by atoms with Crippen LogP contribution in [0.4, 0.5) is 0 Å². The van der Waals surface area contributed by atoms with Crippen molar-refractivity contribution >= 4 is 6.08 Å². The summed E-state index contributed by atoms with van der Waals surface area (Å²) in [4.78, 5) is 2.63. The molecule has 0 aliphatic rings. The summed E-state index contributed by atoms with van der Waals surface area (Å²) < 4.78 is 4.61. The molecule has 5 nitrogen and oxygen atoms in total. The summed E-state index contributed by atoms with van der Waals surface area (Å²) >= 11 is 0. The lowest BCUT2D eigenvalue weighted by Crippen LogP contribution is -1.71. The van der Waals surface area contributed by atoms with Crippen molar-refractivity contribution in [2.24, 2.45) is 5.11 Å². The molecule has 0 N–H and O–H groups in total. The van der Waals surface area contributed by atoms with Gasteiger partial charge < -0.3 is 4.52 Å². The van der Waals surface area contributed by atoms with Gasteiger partial charge in [-0.2, -0.15) is 0 Å². The monoisotopic (exact) mass is 164 g/mol. The Bertz CT molecular complexity index is 284. The van der Waals surface area contributed by atoms with Crippen molar-refractivity contribution in [3.63, 3.8) is 0 Å². The van der Waals surface area contributed by atoms with Gasteiger partial charge in [0.2, 0.25) is 0 Å². The fraction of sp³-hybridized carbons (Fsp3) is 0.286. The van der Waals surface area contributed by atoms with Gasteiger partial charge in [-0.25, -0.2) is 0 Å². The number of aromatic nitrogens is 1. The second-order valence-corrected chi connectivity index (χ2v) is 2.10. The maximum Gasteiger partial charge on any atom is 0.131 e. The molecule has 1 heterocycles. The topological polar surface area (TPSA) is 74.8 Å². The van der Waals surface area contributed by atoms with Crippen LogP contribution >= 0.6 is 0 Å². The number of azide groups is 1. The molecule has 0 spiro atoms. The van der Waals surface area contributed by atoms with Gasteiger partial charge >= 0.3 is 0 Å². The third kappa shape index (κ3) is 2.90. The SMILES string of the molecule is [N-]=[N+]=NCCC=Cc1cnoc1. The van der Waals surface area contributed by atoms with Crippen molar-refractivity contribution in [1.82, 2.24) is 5.16 Å². The van der Waals surface area contributed by atoms with Crippen LogP contribution in [0.1, 0.15) is 12.0 Å². The van der Waals surface area contributed by atoms with E-state index in [2.05, 4.69) is 19.7 Å². The minimum Gasteiger partial charge on any atom is -0.364 e. The maximum atomic E-state index is 7.96. The highest BCUT2D eigenvalue weighted by Crippen LogP contribution is 2.00. The van der Waals surface area contributed by atoms with Crippen molar-refractivity contribution in [2.45, 2.75) is 6.42 Å². The Labute approximate surface area is 69.3 Å². The molecule has 0 atom stereocenters. The fourth-order valence-corrected chi connectivity index (χ4v) is 0.692. The number of hydrogen-bond donors (Lipinski definition) is 0. The molecule has 0 saturated heterocycles. The summed E-state index contributed by atoms with van der Waals surface area (Å²) in [7, 11) is 0. The van der Waals surface area contributed by atoms with Crippen LogP contribution in [0.2, 0.25) is 0 Å². The van der Waals surface area contributed by atoms with Crippen molar-refractivity contribution < 1.29 is 4.52 Å². The standard InChI is InChI=1S/C7H8N4O/c8-11-9-4-2-1-3-7-5-10-12-6-7/h1,3,5-6H,2,4H2. The zero-order valence-electron chi connectivity index (χ0n) is 6.42. The van der Waals surface area contributed by atoms with Crippen LogP contribution in [0, 0.1) is 0 Å². The Balaban J connectivity index is 2.27. The Morgan fingerprint density at radius 1 is 1.75 bits per heavy atom. The third-order valence-electron chi connectivity index (χ3n) is 1.22. The lowest BCUT2D eigenvalue weighted by Gasteiger charge is -1.82. The van der Waals surface area contributed by atoms with E-state index in [-0.39, 0.29) is 0 Å². The van der Waals surface area contributed by atoms with Crippen LogP contribution in [0.3, 0.4) is 0 Å². The second kappa shape index (κ2) is 4.98. The van der Waals surface area contributed by atoms with Crippen molar-refractivity contribution in [2.75, 3.05) is 6.54 Å². The van der Waals surface area contributed by atoms with Gasteiger partial charge in [-0.3, -0.25) is 0 Å². The van der Waals surface area contributed by atoms with E-state index in [1.165, 1.54) is 0 Å². The second-order valence-electron chi connectivity index (χ2n) is 2.10. The highest BCUT2D eigenvalue weighted by atomic mass is 16.5. The first-order valence-electron chi connectivity index (χ1n) is 3.50. The lowest BCUT2D eigenvalue weighted by atomic mass is 10.3. The number of nitrogens with zero attached hydrogens (tertiary/aromatic N) is 4. The molecule has 0 fully saturated rings. The van der Waals surface area contributed by atoms with Crippen LogP contribution in [0.25, 0.3) is 16.5 Å². The van der Waals surface area contributed by atoms with Gasteiger partial charge in [0.05, 0.1) is 6.20 Å². The van der Waals surface area contributed by atoms with Gasteiger partial charge in [0.1, 0.15) is 6.26 Å². The third-order valence-corrected chi connectivity index (χ3v) is 1.22. The Morgan fingerprint density at radius 2 is 2.67 bits per heavy atom. The van der Waals surface area contributed by atoms with E-state index < -0.39 is 0 Å². The Kier molecular flexibility index (Phi) is 3.47.